The zero-order valence-corrected chi connectivity index (χ0v) is 26.9. The van der Waals surface area contributed by atoms with Gasteiger partial charge >= 0.3 is 0 Å². The van der Waals surface area contributed by atoms with Crippen molar-refractivity contribution in [1.29, 1.82) is 0 Å². The molecule has 0 spiro atoms. The number of carbonyl (C=O) groups is 1. The number of methoxy groups -OCH3 is 1. The predicted molar refractivity (Wildman–Crippen MR) is 170 cm³/mol. The van der Waals surface area contributed by atoms with Crippen molar-refractivity contribution in [2.45, 2.75) is 76.7 Å². The molecule has 2 aromatic carbocycles. The highest BCUT2D eigenvalue weighted by Crippen LogP contribution is 2.45. The Morgan fingerprint density at radius 1 is 1.14 bits per heavy atom. The number of hydrogen-bond donors (Lipinski definition) is 3. The normalized spacial score (nSPS) is 18.3. The van der Waals surface area contributed by atoms with Gasteiger partial charge in [-0.3, -0.25) is 4.79 Å². The maximum atomic E-state index is 13.2. The Balaban J connectivity index is 1.67. The van der Waals surface area contributed by atoms with Crippen LogP contribution in [0.1, 0.15) is 82.4 Å². The summed E-state index contributed by atoms with van der Waals surface area (Å²) in [5.74, 6) is 1.48. The van der Waals surface area contributed by atoms with E-state index in [1.165, 1.54) is 7.11 Å². The van der Waals surface area contributed by atoms with Crippen LogP contribution in [-0.4, -0.2) is 45.2 Å². The van der Waals surface area contributed by atoms with Crippen molar-refractivity contribution in [3.63, 3.8) is 0 Å². The van der Waals surface area contributed by atoms with Crippen LogP contribution in [0.5, 0.6) is 17.2 Å². The number of nitrogens with two attached hydrogens (primary N) is 1. The van der Waals surface area contributed by atoms with Gasteiger partial charge < -0.3 is 25.1 Å². The number of aromatic nitrogens is 1. The van der Waals surface area contributed by atoms with Crippen molar-refractivity contribution in [3.05, 3.63) is 65.4 Å². The van der Waals surface area contributed by atoms with E-state index in [1.54, 1.807) is 43.3 Å². The molecule has 3 atom stereocenters. The van der Waals surface area contributed by atoms with Gasteiger partial charge in [0, 0.05) is 28.8 Å². The van der Waals surface area contributed by atoms with E-state index in [2.05, 4.69) is 4.72 Å². The molecule has 0 aliphatic carbocycles. The molecule has 1 aliphatic rings. The molecule has 10 heteroatoms. The van der Waals surface area contributed by atoms with Crippen LogP contribution in [0.4, 0.5) is 5.69 Å². The van der Waals surface area contributed by atoms with Crippen LogP contribution in [0.2, 0.25) is 0 Å². The van der Waals surface area contributed by atoms with E-state index >= 15 is 0 Å². The Morgan fingerprint density at radius 3 is 2.47 bits per heavy atom. The lowest BCUT2D eigenvalue weighted by atomic mass is 9.88. The van der Waals surface area contributed by atoms with Gasteiger partial charge in [0.1, 0.15) is 17.9 Å². The molecule has 1 aliphatic heterocycles. The molecule has 4 N–H and O–H groups in total. The van der Waals surface area contributed by atoms with E-state index in [4.69, 9.17) is 24.9 Å². The third-order valence-corrected chi connectivity index (χ3v) is 9.22. The van der Waals surface area contributed by atoms with Crippen LogP contribution in [0.15, 0.2) is 48.5 Å². The van der Waals surface area contributed by atoms with E-state index in [0.29, 0.717) is 46.5 Å². The van der Waals surface area contributed by atoms with Gasteiger partial charge in [-0.15, -0.1) is 0 Å². The minimum Gasteiger partial charge on any atom is -0.493 e. The second kappa shape index (κ2) is 12.6. The molecular formula is C33H43N3O6S. The third-order valence-electron chi connectivity index (χ3n) is 7.47. The number of aliphatic hydroxyl groups is 1. The van der Waals surface area contributed by atoms with Crippen LogP contribution >= 0.6 is 0 Å². The fourth-order valence-corrected chi connectivity index (χ4v) is 5.62. The maximum absolute atomic E-state index is 13.2. The molecule has 0 fully saturated rings. The SMILES string of the molecule is CCCOc1ccc(C(=O)CCC(C)(O)c2cc3c(c(-c4ccc(N)cc4)n2)OCC3(C)NS(=O)C(C)(C)C)cc1OC. The monoisotopic (exact) mass is 609 g/mol. The first-order chi connectivity index (χ1) is 20.2. The van der Waals surface area contributed by atoms with Crippen molar-refractivity contribution >= 4 is 22.5 Å². The summed E-state index contributed by atoms with van der Waals surface area (Å²) in [5.41, 5.74) is 7.16. The average Bonchev–Trinajstić information content (AvgIpc) is 3.30. The van der Waals surface area contributed by atoms with Crippen molar-refractivity contribution in [3.8, 4) is 28.5 Å². The number of ketones is 1. The lowest BCUT2D eigenvalue weighted by Crippen LogP contribution is -2.47. The number of benzene rings is 2. The first-order valence-corrected chi connectivity index (χ1v) is 15.6. The highest BCUT2D eigenvalue weighted by Gasteiger charge is 2.43. The van der Waals surface area contributed by atoms with Gasteiger partial charge in [0.05, 0.1) is 40.7 Å². The van der Waals surface area contributed by atoms with Gasteiger partial charge in [-0.25, -0.2) is 13.9 Å². The number of ether oxygens (including phenoxy) is 3. The van der Waals surface area contributed by atoms with Crippen LogP contribution in [0.3, 0.4) is 0 Å². The summed E-state index contributed by atoms with van der Waals surface area (Å²) in [6.07, 6.45) is 1.04. The van der Waals surface area contributed by atoms with Crippen LogP contribution < -0.4 is 24.7 Å². The summed E-state index contributed by atoms with van der Waals surface area (Å²) >= 11 is 0. The average molecular weight is 610 g/mol. The lowest BCUT2D eigenvalue weighted by molar-refractivity contribution is 0.0396. The molecule has 2 heterocycles. The van der Waals surface area contributed by atoms with Gasteiger partial charge in [0.25, 0.3) is 0 Å². The molecule has 4 rings (SSSR count). The van der Waals surface area contributed by atoms with Gasteiger partial charge in [0.15, 0.2) is 23.0 Å². The molecule has 232 valence electrons. The molecular weight excluding hydrogens is 566 g/mol. The van der Waals surface area contributed by atoms with E-state index in [9.17, 15) is 14.1 Å². The maximum Gasteiger partial charge on any atom is 0.163 e. The van der Waals surface area contributed by atoms with Crippen LogP contribution in [0, 0.1) is 0 Å². The fraction of sp³-hybridized carbons (Fsp3) is 0.455. The molecule has 3 unspecified atom stereocenters. The van der Waals surface area contributed by atoms with Crippen LogP contribution in [-0.2, 0) is 22.1 Å². The third kappa shape index (κ3) is 7.20. The predicted octanol–water partition coefficient (Wildman–Crippen LogP) is 5.66. The second-order valence-electron chi connectivity index (χ2n) is 12.4. The number of pyridine rings is 1. The fourth-order valence-electron chi connectivity index (χ4n) is 4.74. The topological polar surface area (TPSA) is 133 Å². The number of carbonyl (C=O) groups excluding carboxylic acids is 1. The summed E-state index contributed by atoms with van der Waals surface area (Å²) in [6, 6.07) is 14.2. The minimum absolute atomic E-state index is 0.0708. The number of nitrogens with zero attached hydrogens (tertiary/aromatic N) is 1. The Kier molecular flexibility index (Phi) is 9.54. The first-order valence-electron chi connectivity index (χ1n) is 14.5. The van der Waals surface area contributed by atoms with E-state index in [1.807, 2.05) is 46.8 Å². The van der Waals surface area contributed by atoms with Crippen LogP contribution in [0.25, 0.3) is 11.3 Å². The largest absolute Gasteiger partial charge is 0.493 e. The molecule has 1 aromatic heterocycles. The number of hydrogen-bond acceptors (Lipinski definition) is 8. The van der Waals surface area contributed by atoms with Gasteiger partial charge in [-0.2, -0.15) is 0 Å². The Morgan fingerprint density at radius 2 is 1.84 bits per heavy atom. The van der Waals surface area contributed by atoms with E-state index < -0.39 is 26.9 Å². The zero-order chi connectivity index (χ0) is 31.6. The number of fused-ring (bicyclic) bond motifs is 1. The number of nitrogens with one attached hydrogen (secondary N) is 1. The molecule has 0 radical (unpaired) electrons. The molecule has 0 saturated carbocycles. The summed E-state index contributed by atoms with van der Waals surface area (Å²) in [5, 5.41) is 11.8. The van der Waals surface area contributed by atoms with Crippen molar-refractivity contribution < 1.29 is 28.3 Å². The molecule has 0 amide bonds. The molecule has 43 heavy (non-hydrogen) atoms. The molecule has 9 nitrogen and oxygen atoms in total. The second-order valence-corrected chi connectivity index (χ2v) is 14.3. The standard InChI is InChI=1S/C33H43N3O6S/c1-8-17-41-26-14-11-22(18-27(26)40-7)25(37)15-16-33(6,38)28-19-24-30(29(35-28)21-9-12-23(34)13-10-21)42-20-32(24,5)36-43(39)31(2,3)4/h9-14,18-19,36,38H,8,15-17,20,34H2,1-7H3. The summed E-state index contributed by atoms with van der Waals surface area (Å²) in [6.45, 7) is 12.1. The van der Waals surface area contributed by atoms with Gasteiger partial charge in [-0.1, -0.05) is 19.1 Å². The zero-order valence-electron chi connectivity index (χ0n) is 26.1. The first kappa shape index (κ1) is 32.4. The molecule has 3 aromatic rings. The summed E-state index contributed by atoms with van der Waals surface area (Å²) in [7, 11) is 0.150. The molecule has 0 bridgehead atoms. The Labute approximate surface area is 256 Å². The number of Topliss-reactive ketones (excluding diaryl/α,β-unsaturated/α-hetero) is 1. The van der Waals surface area contributed by atoms with Crippen molar-refractivity contribution in [2.75, 3.05) is 26.1 Å². The van der Waals surface area contributed by atoms with Gasteiger partial charge in [0.2, 0.25) is 0 Å². The quantitative estimate of drug-likeness (QED) is 0.177. The van der Waals surface area contributed by atoms with E-state index in [0.717, 1.165) is 17.5 Å². The smallest absolute Gasteiger partial charge is 0.163 e. The lowest BCUT2D eigenvalue weighted by Gasteiger charge is -2.30. The Hall–Kier alpha value is -3.47. The Bertz CT molecular complexity index is 1500. The minimum atomic E-state index is -1.46. The number of rotatable bonds is 12. The number of anilines is 1. The van der Waals surface area contributed by atoms with Gasteiger partial charge in [-0.05, 0) is 83.9 Å². The van der Waals surface area contributed by atoms with Crippen molar-refractivity contribution in [1.82, 2.24) is 9.71 Å². The highest BCUT2D eigenvalue weighted by atomic mass is 32.2. The highest BCUT2D eigenvalue weighted by molar-refractivity contribution is 7.84. The number of nitrogen functional groups attached to an aromatic ring is 1. The van der Waals surface area contributed by atoms with Crippen molar-refractivity contribution in [2.24, 2.45) is 0 Å². The summed E-state index contributed by atoms with van der Waals surface area (Å²) in [4.78, 5) is 18.1. The van der Waals surface area contributed by atoms with E-state index in [-0.39, 0.29) is 25.2 Å². The molecule has 0 saturated heterocycles. The summed E-state index contributed by atoms with van der Waals surface area (Å²) < 4.78 is 33.2.